The molecule has 0 radical (unpaired) electrons. The summed E-state index contributed by atoms with van der Waals surface area (Å²) < 4.78 is 68.6. The smallest absolute Gasteiger partial charge is 0.367 e. The van der Waals surface area contributed by atoms with Crippen LogP contribution in [0.5, 0.6) is 5.75 Å². The lowest BCUT2D eigenvalue weighted by Gasteiger charge is -2.28. The third kappa shape index (κ3) is 6.88. The first kappa shape index (κ1) is 27.1. The van der Waals surface area contributed by atoms with E-state index in [0.29, 0.717) is 31.4 Å². The van der Waals surface area contributed by atoms with Gasteiger partial charge in [-0.05, 0) is 74.2 Å². The van der Waals surface area contributed by atoms with E-state index in [1.807, 2.05) is 60.7 Å². The summed E-state index contributed by atoms with van der Waals surface area (Å²) in [5, 5.41) is -4.64. The van der Waals surface area contributed by atoms with Crippen molar-refractivity contribution in [1.82, 2.24) is 0 Å². The Balaban J connectivity index is 1.34. The van der Waals surface area contributed by atoms with Crippen molar-refractivity contribution in [3.8, 4) is 5.75 Å². The Morgan fingerprint density at radius 3 is 1.81 bits per heavy atom. The van der Waals surface area contributed by atoms with Crippen molar-refractivity contribution < 1.29 is 36.0 Å². The van der Waals surface area contributed by atoms with Crippen LogP contribution in [0.15, 0.2) is 99.6 Å². The van der Waals surface area contributed by atoms with Gasteiger partial charge in [0.1, 0.15) is 5.75 Å². The number of halogens is 2. The molecule has 1 aliphatic rings. The Kier molecular flexibility index (Phi) is 8.51. The summed E-state index contributed by atoms with van der Waals surface area (Å²) in [6.45, 7) is -1.77. The highest BCUT2D eigenvalue weighted by Crippen LogP contribution is 2.33. The second-order valence-electron chi connectivity index (χ2n) is 8.69. The fourth-order valence-corrected chi connectivity index (χ4v) is 6.42. The maximum Gasteiger partial charge on any atom is 0.367 e. The molecule has 0 heterocycles. The van der Waals surface area contributed by atoms with Crippen molar-refractivity contribution in [1.29, 1.82) is 0 Å². The largest absolute Gasteiger partial charge is 0.743 e. The van der Waals surface area contributed by atoms with E-state index in [0.717, 1.165) is 4.90 Å². The summed E-state index contributed by atoms with van der Waals surface area (Å²) in [4.78, 5) is 15.6. The molecule has 3 aromatic carbocycles. The Labute approximate surface area is 217 Å². The van der Waals surface area contributed by atoms with Gasteiger partial charge in [0.2, 0.25) is 0 Å². The molecule has 0 atom stereocenters. The van der Waals surface area contributed by atoms with E-state index < -0.39 is 33.9 Å². The molecule has 3 aromatic rings. The zero-order chi connectivity index (χ0) is 26.5. The van der Waals surface area contributed by atoms with Gasteiger partial charge in [-0.15, -0.1) is 0 Å². The van der Waals surface area contributed by atoms with Crippen LogP contribution >= 0.6 is 0 Å². The normalized spacial score (nSPS) is 18.4. The molecule has 0 aromatic heterocycles. The van der Waals surface area contributed by atoms with Crippen LogP contribution in [0.25, 0.3) is 0 Å². The molecule has 0 spiro atoms. The summed E-state index contributed by atoms with van der Waals surface area (Å²) in [7, 11) is -6.16. The molecule has 0 N–H and O–H groups in total. The molecule has 0 saturated heterocycles. The molecule has 4 rings (SSSR count). The van der Waals surface area contributed by atoms with Gasteiger partial charge in [0, 0.05) is 0 Å². The summed E-state index contributed by atoms with van der Waals surface area (Å²) in [6, 6.07) is 28.5. The molecule has 0 unspecified atom stereocenters. The molecule has 1 aliphatic carbocycles. The highest BCUT2D eigenvalue weighted by Gasteiger charge is 2.40. The van der Waals surface area contributed by atoms with Gasteiger partial charge in [0.15, 0.2) is 31.4 Å². The zero-order valence-corrected chi connectivity index (χ0v) is 21.4. The number of benzene rings is 3. The topological polar surface area (TPSA) is 92.7 Å². The highest BCUT2D eigenvalue weighted by atomic mass is 32.2. The van der Waals surface area contributed by atoms with Gasteiger partial charge in [-0.3, -0.25) is 4.79 Å². The maximum atomic E-state index is 13.2. The van der Waals surface area contributed by atoms with Crippen LogP contribution in [-0.4, -0.2) is 36.9 Å². The predicted octanol–water partition coefficient (Wildman–Crippen LogP) is 5.40. The average molecular weight is 549 g/mol. The summed E-state index contributed by atoms with van der Waals surface area (Å²) in [5.41, 5.74) is 0. The van der Waals surface area contributed by atoms with Crippen LogP contribution in [0, 0.1) is 5.92 Å². The fourth-order valence-electron chi connectivity index (χ4n) is 4.13. The summed E-state index contributed by atoms with van der Waals surface area (Å²) in [5.74, 6) is -0.884. The lowest BCUT2D eigenvalue weighted by atomic mass is 9.87. The van der Waals surface area contributed by atoms with Crippen molar-refractivity contribution in [3.05, 3.63) is 84.9 Å². The third-order valence-corrected chi connectivity index (χ3v) is 9.16. The zero-order valence-electron chi connectivity index (χ0n) is 19.8. The van der Waals surface area contributed by atoms with E-state index >= 15 is 0 Å². The number of carbonyl (C=O) groups is 1. The van der Waals surface area contributed by atoms with E-state index in [9.17, 15) is 26.5 Å². The highest BCUT2D eigenvalue weighted by molar-refractivity contribution is 7.97. The Hall–Kier alpha value is -2.95. The molecule has 37 heavy (non-hydrogen) atoms. The predicted molar refractivity (Wildman–Crippen MR) is 133 cm³/mol. The van der Waals surface area contributed by atoms with Crippen LogP contribution in [0.2, 0.25) is 0 Å². The van der Waals surface area contributed by atoms with Gasteiger partial charge in [0.05, 0.1) is 22.9 Å². The monoisotopic (exact) mass is 548 g/mol. The Bertz CT molecular complexity index is 1240. The number of carbonyl (C=O) groups excluding carboxylic acids is 1. The third-order valence-electron chi connectivity index (χ3n) is 6.08. The van der Waals surface area contributed by atoms with Crippen molar-refractivity contribution in [2.24, 2.45) is 5.92 Å². The van der Waals surface area contributed by atoms with Crippen LogP contribution in [0.4, 0.5) is 8.78 Å². The minimum absolute atomic E-state index is 0.153. The number of rotatable bonds is 9. The van der Waals surface area contributed by atoms with Crippen molar-refractivity contribution in [3.63, 3.8) is 0 Å². The maximum absolute atomic E-state index is 13.2. The Morgan fingerprint density at radius 1 is 0.838 bits per heavy atom. The number of alkyl halides is 2. The number of ether oxygens (including phenoxy) is 2. The summed E-state index contributed by atoms with van der Waals surface area (Å²) >= 11 is 0. The van der Waals surface area contributed by atoms with E-state index in [1.54, 1.807) is 0 Å². The summed E-state index contributed by atoms with van der Waals surface area (Å²) in [6.07, 6.45) is 1.57. The van der Waals surface area contributed by atoms with E-state index in [1.165, 1.54) is 9.79 Å². The molecule has 1 saturated carbocycles. The number of hydrogen-bond acceptors (Lipinski definition) is 6. The molecule has 1 fully saturated rings. The lowest BCUT2D eigenvalue weighted by Crippen LogP contribution is -2.36. The van der Waals surface area contributed by atoms with E-state index in [2.05, 4.69) is 29.0 Å². The van der Waals surface area contributed by atoms with Crippen molar-refractivity contribution >= 4 is 27.0 Å². The molecule has 0 amide bonds. The van der Waals surface area contributed by atoms with E-state index in [4.69, 9.17) is 4.74 Å². The van der Waals surface area contributed by atoms with Gasteiger partial charge in [-0.25, -0.2) is 8.42 Å². The minimum Gasteiger partial charge on any atom is -0.743 e. The fraction of sp³-hybridized carbons (Fsp3) is 0.296. The molecule has 0 aliphatic heterocycles. The lowest BCUT2D eigenvalue weighted by molar-refractivity contribution is -0.156. The van der Waals surface area contributed by atoms with Crippen molar-refractivity contribution in [2.75, 3.05) is 6.61 Å². The van der Waals surface area contributed by atoms with Crippen LogP contribution in [0.3, 0.4) is 0 Å². The van der Waals surface area contributed by atoms with Gasteiger partial charge >= 0.3 is 11.2 Å². The molecule has 10 heteroatoms. The van der Waals surface area contributed by atoms with Gasteiger partial charge < -0.3 is 14.0 Å². The molecule has 196 valence electrons. The minimum atomic E-state index is -5.89. The number of esters is 1. The molecular weight excluding hydrogens is 522 g/mol. The number of hydrogen-bond donors (Lipinski definition) is 0. The first-order valence-corrected chi connectivity index (χ1v) is 14.4. The second-order valence-corrected chi connectivity index (χ2v) is 12.2. The SMILES string of the molecule is O=C(OCC(F)(F)S(=O)(=O)[O-])C1CCC(Oc2ccc([S+](c3ccccc3)c3ccccc3)cc2)CC1. The Morgan fingerprint density at radius 2 is 1.32 bits per heavy atom. The standard InChI is InChI=1S/C27H26F2O6S2/c28-27(29,37(31,32)33)19-34-26(30)20-11-13-21(14-12-20)35-22-15-17-25(18-16-22)36(23-7-3-1-4-8-23)24-9-5-2-6-10-24/h1-10,15-18,20-21H,11-14,19H2. The van der Waals surface area contributed by atoms with Gasteiger partial charge in [-0.1, -0.05) is 36.4 Å². The average Bonchev–Trinajstić information content (AvgIpc) is 2.89. The van der Waals surface area contributed by atoms with Gasteiger partial charge in [-0.2, -0.15) is 8.78 Å². The molecule has 6 nitrogen and oxygen atoms in total. The molecule has 0 bridgehead atoms. The van der Waals surface area contributed by atoms with Crippen molar-refractivity contribution in [2.45, 2.75) is 51.7 Å². The first-order valence-electron chi connectivity index (χ1n) is 11.7. The van der Waals surface area contributed by atoms with Crippen LogP contribution in [-0.2, 0) is 30.5 Å². The quantitative estimate of drug-likeness (QED) is 0.202. The van der Waals surface area contributed by atoms with Crippen LogP contribution in [0.1, 0.15) is 25.7 Å². The van der Waals surface area contributed by atoms with Gasteiger partial charge in [0.25, 0.3) is 0 Å². The van der Waals surface area contributed by atoms with Crippen LogP contribution < -0.4 is 4.74 Å². The second kappa shape index (κ2) is 11.6. The molecular formula is C27H26F2O6S2. The van der Waals surface area contributed by atoms with E-state index in [-0.39, 0.29) is 17.0 Å². The first-order chi connectivity index (χ1) is 17.6.